The summed E-state index contributed by atoms with van der Waals surface area (Å²) in [6.45, 7) is 1.90. The summed E-state index contributed by atoms with van der Waals surface area (Å²) in [5.74, 6) is 1.32. The van der Waals surface area contributed by atoms with Crippen LogP contribution >= 0.6 is 0 Å². The Kier molecular flexibility index (Phi) is 5.72. The molecule has 2 N–H and O–H groups in total. The highest BCUT2D eigenvalue weighted by molar-refractivity contribution is 5.65. The Morgan fingerprint density at radius 1 is 1.07 bits per heavy atom. The average molecular weight is 401 g/mol. The number of aliphatic hydroxyl groups excluding tert-OH is 1. The molecule has 2 heterocycles. The van der Waals surface area contributed by atoms with Crippen LogP contribution in [0.25, 0.3) is 16.9 Å². The Labute approximate surface area is 175 Å². The number of rotatable bonds is 7. The van der Waals surface area contributed by atoms with E-state index in [4.69, 9.17) is 4.74 Å². The second-order valence-corrected chi connectivity index (χ2v) is 6.90. The number of hydrogen-bond acceptors (Lipinski definition) is 6. The normalized spacial score (nSPS) is 11.8. The molecule has 2 aromatic heterocycles. The molecule has 0 aliphatic rings. The van der Waals surface area contributed by atoms with Crippen LogP contribution in [0.1, 0.15) is 17.3 Å². The summed E-state index contributed by atoms with van der Waals surface area (Å²) in [5.41, 5.74) is 4.45. The molecule has 0 amide bonds. The van der Waals surface area contributed by atoms with Gasteiger partial charge in [-0.15, -0.1) is 10.2 Å². The minimum Gasteiger partial charge on any atom is -0.495 e. The number of nitrogens with zero attached hydrogens (tertiary/aromatic N) is 4. The molecular weight excluding hydrogens is 378 g/mol. The molecule has 0 aliphatic heterocycles. The molecule has 1 atom stereocenters. The fraction of sp³-hybridized carbons (Fsp3) is 0.174. The molecule has 7 nitrogen and oxygen atoms in total. The van der Waals surface area contributed by atoms with Gasteiger partial charge in [0.15, 0.2) is 0 Å². The molecule has 0 saturated carbocycles. The van der Waals surface area contributed by atoms with Gasteiger partial charge in [-0.05, 0) is 36.8 Å². The van der Waals surface area contributed by atoms with E-state index < -0.39 is 0 Å². The Hall–Kier alpha value is -3.71. The minimum absolute atomic E-state index is 0.0418. The van der Waals surface area contributed by atoms with Crippen molar-refractivity contribution < 1.29 is 9.84 Å². The number of nitrogens with one attached hydrogen (secondary N) is 1. The van der Waals surface area contributed by atoms with Gasteiger partial charge in [-0.25, -0.2) is 4.98 Å². The van der Waals surface area contributed by atoms with E-state index in [1.807, 2.05) is 78.4 Å². The first-order chi connectivity index (χ1) is 14.7. The van der Waals surface area contributed by atoms with Crippen LogP contribution in [0.4, 0.5) is 5.82 Å². The zero-order valence-corrected chi connectivity index (χ0v) is 16.9. The van der Waals surface area contributed by atoms with Crippen LogP contribution in [0.5, 0.6) is 5.75 Å². The van der Waals surface area contributed by atoms with E-state index in [1.54, 1.807) is 13.4 Å². The summed E-state index contributed by atoms with van der Waals surface area (Å²) >= 11 is 0. The third kappa shape index (κ3) is 4.16. The van der Waals surface area contributed by atoms with E-state index in [2.05, 4.69) is 20.5 Å². The zero-order valence-electron chi connectivity index (χ0n) is 16.9. The molecule has 0 bridgehead atoms. The first kappa shape index (κ1) is 19.6. The van der Waals surface area contributed by atoms with Crippen LogP contribution in [0, 0.1) is 6.92 Å². The number of hydrogen-bond donors (Lipinski definition) is 2. The van der Waals surface area contributed by atoms with E-state index >= 15 is 0 Å². The minimum atomic E-state index is -0.246. The van der Waals surface area contributed by atoms with Crippen molar-refractivity contribution in [1.29, 1.82) is 0 Å². The summed E-state index contributed by atoms with van der Waals surface area (Å²) < 4.78 is 7.50. The van der Waals surface area contributed by atoms with E-state index in [-0.39, 0.29) is 12.6 Å². The van der Waals surface area contributed by atoms with Gasteiger partial charge in [0.05, 0.1) is 43.2 Å². The number of anilines is 1. The number of ether oxygens (including phenoxy) is 1. The average Bonchev–Trinajstić information content (AvgIpc) is 3.24. The Morgan fingerprint density at radius 3 is 2.53 bits per heavy atom. The molecule has 2 aromatic carbocycles. The van der Waals surface area contributed by atoms with Crippen molar-refractivity contribution in [3.63, 3.8) is 0 Å². The van der Waals surface area contributed by atoms with Crippen molar-refractivity contribution in [2.24, 2.45) is 0 Å². The highest BCUT2D eigenvalue weighted by Crippen LogP contribution is 2.29. The first-order valence-corrected chi connectivity index (χ1v) is 9.63. The number of aryl methyl sites for hydroxylation is 1. The first-order valence-electron chi connectivity index (χ1n) is 9.63. The van der Waals surface area contributed by atoms with E-state index in [0.29, 0.717) is 5.82 Å². The Morgan fingerprint density at radius 2 is 1.90 bits per heavy atom. The lowest BCUT2D eigenvalue weighted by atomic mass is 10.1. The van der Waals surface area contributed by atoms with Gasteiger partial charge in [0.2, 0.25) is 0 Å². The predicted molar refractivity (Wildman–Crippen MR) is 116 cm³/mol. The second-order valence-electron chi connectivity index (χ2n) is 6.90. The van der Waals surface area contributed by atoms with Gasteiger partial charge in [0, 0.05) is 11.8 Å². The zero-order chi connectivity index (χ0) is 20.9. The standard InChI is InChI=1S/C23H23N5O2/c1-16-13-28(15-24-16)21-10-8-18(12-22(21)30-2)19-9-11-23(27-26-19)25-20(14-29)17-6-4-3-5-7-17/h3-13,15,20,29H,14H2,1-2H3,(H,25,27)/t20-/m0/s1. The van der Waals surface area contributed by atoms with Gasteiger partial charge >= 0.3 is 0 Å². The molecule has 0 saturated heterocycles. The summed E-state index contributed by atoms with van der Waals surface area (Å²) in [6, 6.07) is 19.1. The van der Waals surface area contributed by atoms with Gasteiger partial charge < -0.3 is 19.7 Å². The van der Waals surface area contributed by atoms with Gasteiger partial charge in [-0.2, -0.15) is 0 Å². The lowest BCUT2D eigenvalue weighted by Crippen LogP contribution is -2.15. The van der Waals surface area contributed by atoms with Crippen molar-refractivity contribution in [3.05, 3.63) is 84.4 Å². The topological polar surface area (TPSA) is 85.1 Å². The van der Waals surface area contributed by atoms with Crippen LogP contribution in [0.2, 0.25) is 0 Å². The van der Waals surface area contributed by atoms with Crippen LogP contribution in [0.15, 0.2) is 73.2 Å². The molecule has 30 heavy (non-hydrogen) atoms. The number of methoxy groups -OCH3 is 1. The number of aliphatic hydroxyl groups is 1. The Balaban J connectivity index is 1.55. The fourth-order valence-corrected chi connectivity index (χ4v) is 3.26. The fourth-order valence-electron chi connectivity index (χ4n) is 3.26. The van der Waals surface area contributed by atoms with E-state index in [9.17, 15) is 5.11 Å². The lowest BCUT2D eigenvalue weighted by Gasteiger charge is -2.17. The van der Waals surface area contributed by atoms with Gasteiger partial charge in [0.25, 0.3) is 0 Å². The van der Waals surface area contributed by atoms with Crippen LogP contribution in [0.3, 0.4) is 0 Å². The largest absolute Gasteiger partial charge is 0.495 e. The molecule has 0 spiro atoms. The van der Waals surface area contributed by atoms with Gasteiger partial charge in [-0.3, -0.25) is 0 Å². The monoisotopic (exact) mass is 401 g/mol. The molecule has 0 radical (unpaired) electrons. The molecule has 7 heteroatoms. The maximum absolute atomic E-state index is 9.72. The summed E-state index contributed by atoms with van der Waals surface area (Å²) in [7, 11) is 1.64. The van der Waals surface area contributed by atoms with Crippen molar-refractivity contribution >= 4 is 5.82 Å². The number of imidazole rings is 1. The molecule has 0 fully saturated rings. The summed E-state index contributed by atoms with van der Waals surface area (Å²) in [4.78, 5) is 4.27. The van der Waals surface area contributed by atoms with Crippen LogP contribution in [-0.2, 0) is 0 Å². The molecule has 4 rings (SSSR count). The van der Waals surface area contributed by atoms with Gasteiger partial charge in [0.1, 0.15) is 11.6 Å². The predicted octanol–water partition coefficient (Wildman–Crippen LogP) is 3.79. The summed E-state index contributed by atoms with van der Waals surface area (Å²) in [5, 5.41) is 21.6. The Bertz CT molecular complexity index is 1110. The molecule has 0 aliphatic carbocycles. The second kappa shape index (κ2) is 8.75. The lowest BCUT2D eigenvalue weighted by molar-refractivity contribution is 0.276. The number of benzene rings is 2. The third-order valence-electron chi connectivity index (χ3n) is 4.84. The third-order valence-corrected chi connectivity index (χ3v) is 4.84. The van der Waals surface area contributed by atoms with Gasteiger partial charge in [-0.1, -0.05) is 36.4 Å². The van der Waals surface area contributed by atoms with Crippen LogP contribution in [-0.4, -0.2) is 38.6 Å². The van der Waals surface area contributed by atoms with Crippen molar-refractivity contribution in [2.75, 3.05) is 19.0 Å². The highest BCUT2D eigenvalue weighted by atomic mass is 16.5. The molecule has 4 aromatic rings. The maximum Gasteiger partial charge on any atom is 0.149 e. The summed E-state index contributed by atoms with van der Waals surface area (Å²) in [6.07, 6.45) is 3.71. The number of aromatic nitrogens is 4. The quantitative estimate of drug-likeness (QED) is 0.490. The smallest absolute Gasteiger partial charge is 0.149 e. The van der Waals surface area contributed by atoms with E-state index in [1.165, 1.54) is 0 Å². The van der Waals surface area contributed by atoms with Crippen LogP contribution < -0.4 is 10.1 Å². The molecule has 152 valence electrons. The van der Waals surface area contributed by atoms with Crippen molar-refractivity contribution in [3.8, 4) is 22.7 Å². The van der Waals surface area contributed by atoms with E-state index in [0.717, 1.165) is 34.0 Å². The van der Waals surface area contributed by atoms with Crippen molar-refractivity contribution in [1.82, 2.24) is 19.7 Å². The molecular formula is C23H23N5O2. The highest BCUT2D eigenvalue weighted by Gasteiger charge is 2.12. The SMILES string of the molecule is COc1cc(-c2ccc(N[C@@H](CO)c3ccccc3)nn2)ccc1-n1cnc(C)c1. The van der Waals surface area contributed by atoms with Crippen molar-refractivity contribution in [2.45, 2.75) is 13.0 Å². The maximum atomic E-state index is 9.72. The molecule has 0 unspecified atom stereocenters.